The summed E-state index contributed by atoms with van der Waals surface area (Å²) in [6.45, 7) is 3.21. The van der Waals surface area contributed by atoms with Gasteiger partial charge in [-0.25, -0.2) is 0 Å². The number of nitrogens with two attached hydrogens (primary N) is 3. The van der Waals surface area contributed by atoms with Gasteiger partial charge in [0.15, 0.2) is 5.96 Å². The minimum atomic E-state index is -0.590. The fourth-order valence-corrected chi connectivity index (χ4v) is 3.27. The predicted molar refractivity (Wildman–Crippen MR) is 128 cm³/mol. The van der Waals surface area contributed by atoms with Gasteiger partial charge in [0, 0.05) is 6.54 Å². The summed E-state index contributed by atoms with van der Waals surface area (Å²) in [5, 5.41) is 0. The third kappa shape index (κ3) is 21.2. The van der Waals surface area contributed by atoms with E-state index in [1.54, 1.807) is 0 Å². The lowest BCUT2D eigenvalue weighted by Gasteiger charge is -2.10. The molecule has 6 N–H and O–H groups in total. The smallest absolute Gasteiger partial charge is 0.322 e. The molecule has 0 radical (unpaired) electrons. The number of carbonyl (C=O) groups excluding carboxylic acids is 1. The number of allylic oxidation sites excluding steroid dienone is 2. The summed E-state index contributed by atoms with van der Waals surface area (Å²) < 4.78 is 5.24. The zero-order chi connectivity index (χ0) is 22.3. The van der Waals surface area contributed by atoms with Gasteiger partial charge in [-0.1, -0.05) is 76.9 Å². The van der Waals surface area contributed by atoms with Crippen molar-refractivity contribution < 1.29 is 9.53 Å². The molecule has 30 heavy (non-hydrogen) atoms. The summed E-state index contributed by atoms with van der Waals surface area (Å²) in [5.74, 6) is -0.265. The van der Waals surface area contributed by atoms with E-state index in [2.05, 4.69) is 24.1 Å². The van der Waals surface area contributed by atoms with Crippen LogP contribution in [-0.4, -0.2) is 31.1 Å². The van der Waals surface area contributed by atoms with Crippen LogP contribution in [0.15, 0.2) is 17.1 Å². The zero-order valence-corrected chi connectivity index (χ0v) is 19.5. The Morgan fingerprint density at radius 1 is 0.833 bits per heavy atom. The largest absolute Gasteiger partial charge is 0.465 e. The number of guanidine groups is 1. The minimum Gasteiger partial charge on any atom is -0.465 e. The molecule has 0 saturated carbocycles. The molecule has 1 atom stereocenters. The van der Waals surface area contributed by atoms with Gasteiger partial charge in [-0.2, -0.15) is 0 Å². The Hall–Kier alpha value is -1.56. The van der Waals surface area contributed by atoms with Gasteiger partial charge in [0.1, 0.15) is 6.04 Å². The molecular formula is C24H48N4O2. The molecule has 0 fully saturated rings. The van der Waals surface area contributed by atoms with E-state index in [0.717, 1.165) is 12.8 Å². The Bertz CT molecular complexity index is 448. The van der Waals surface area contributed by atoms with Crippen molar-refractivity contribution in [2.75, 3.05) is 13.2 Å². The summed E-state index contributed by atoms with van der Waals surface area (Å²) in [5.41, 5.74) is 16.3. The van der Waals surface area contributed by atoms with Crippen molar-refractivity contribution in [2.45, 2.75) is 116 Å². The molecule has 6 nitrogen and oxygen atoms in total. The second-order valence-electron chi connectivity index (χ2n) is 8.16. The normalized spacial score (nSPS) is 12.2. The van der Waals surface area contributed by atoms with Crippen LogP contribution in [0.4, 0.5) is 0 Å². The van der Waals surface area contributed by atoms with Gasteiger partial charge in [0.2, 0.25) is 0 Å². The number of rotatable bonds is 21. The van der Waals surface area contributed by atoms with Crippen molar-refractivity contribution in [2.24, 2.45) is 22.2 Å². The van der Waals surface area contributed by atoms with E-state index in [9.17, 15) is 4.79 Å². The first-order valence-electron chi connectivity index (χ1n) is 12.2. The van der Waals surface area contributed by atoms with Crippen LogP contribution in [0.5, 0.6) is 0 Å². The van der Waals surface area contributed by atoms with Gasteiger partial charge in [0.05, 0.1) is 6.61 Å². The second-order valence-corrected chi connectivity index (χ2v) is 8.16. The Kier molecular flexibility index (Phi) is 21.0. The van der Waals surface area contributed by atoms with Crippen molar-refractivity contribution in [3.05, 3.63) is 12.2 Å². The summed E-state index contributed by atoms with van der Waals surface area (Å²) in [6.07, 6.45) is 23.6. The van der Waals surface area contributed by atoms with E-state index >= 15 is 0 Å². The lowest BCUT2D eigenvalue weighted by Crippen LogP contribution is -2.32. The van der Waals surface area contributed by atoms with E-state index in [1.807, 2.05) is 0 Å². The highest BCUT2D eigenvalue weighted by Crippen LogP contribution is 2.10. The number of aliphatic imine (C=N–C) groups is 1. The maximum atomic E-state index is 11.8. The number of hydrogen-bond acceptors (Lipinski definition) is 4. The number of hydrogen-bond donors (Lipinski definition) is 3. The Labute approximate surface area is 185 Å². The number of ether oxygens (including phenoxy) is 1. The lowest BCUT2D eigenvalue weighted by molar-refractivity contribution is -0.145. The molecule has 0 spiro atoms. The zero-order valence-electron chi connectivity index (χ0n) is 19.5. The first-order valence-corrected chi connectivity index (χ1v) is 12.2. The van der Waals surface area contributed by atoms with Crippen molar-refractivity contribution >= 4 is 11.9 Å². The maximum Gasteiger partial charge on any atom is 0.322 e. The first-order chi connectivity index (χ1) is 14.6. The van der Waals surface area contributed by atoms with Crippen LogP contribution in [0.1, 0.15) is 110 Å². The average molecular weight is 425 g/mol. The van der Waals surface area contributed by atoms with Gasteiger partial charge in [0.25, 0.3) is 0 Å². The monoisotopic (exact) mass is 424 g/mol. The van der Waals surface area contributed by atoms with Gasteiger partial charge < -0.3 is 21.9 Å². The van der Waals surface area contributed by atoms with Gasteiger partial charge in [-0.05, 0) is 44.9 Å². The highest BCUT2D eigenvalue weighted by molar-refractivity contribution is 5.76. The maximum absolute atomic E-state index is 11.8. The van der Waals surface area contributed by atoms with Crippen LogP contribution in [0, 0.1) is 0 Å². The summed E-state index contributed by atoms with van der Waals surface area (Å²) in [4.78, 5) is 15.7. The van der Waals surface area contributed by atoms with E-state index in [0.29, 0.717) is 26.0 Å². The summed E-state index contributed by atoms with van der Waals surface area (Å²) >= 11 is 0. The van der Waals surface area contributed by atoms with Crippen LogP contribution >= 0.6 is 0 Å². The molecule has 0 saturated heterocycles. The molecular weight excluding hydrogens is 376 g/mol. The highest BCUT2D eigenvalue weighted by atomic mass is 16.5. The van der Waals surface area contributed by atoms with E-state index in [1.165, 1.54) is 77.0 Å². The van der Waals surface area contributed by atoms with Crippen LogP contribution in [0.2, 0.25) is 0 Å². The highest BCUT2D eigenvalue weighted by Gasteiger charge is 2.14. The van der Waals surface area contributed by atoms with Crippen molar-refractivity contribution in [3.63, 3.8) is 0 Å². The van der Waals surface area contributed by atoms with E-state index < -0.39 is 6.04 Å². The topological polar surface area (TPSA) is 117 Å². The predicted octanol–water partition coefficient (Wildman–Crippen LogP) is 4.95. The fraction of sp³-hybridized carbons (Fsp3) is 0.833. The molecule has 0 unspecified atom stereocenters. The molecule has 0 aromatic carbocycles. The molecule has 0 aliphatic carbocycles. The van der Waals surface area contributed by atoms with Crippen LogP contribution in [0.3, 0.4) is 0 Å². The van der Waals surface area contributed by atoms with E-state index in [-0.39, 0.29) is 11.9 Å². The fourth-order valence-electron chi connectivity index (χ4n) is 3.27. The second kappa shape index (κ2) is 22.1. The minimum absolute atomic E-state index is 0.0612. The number of unbranched alkanes of at least 4 members (excludes halogenated alkanes) is 12. The third-order valence-corrected chi connectivity index (χ3v) is 5.17. The van der Waals surface area contributed by atoms with Gasteiger partial charge in [-0.15, -0.1) is 0 Å². The van der Waals surface area contributed by atoms with Crippen molar-refractivity contribution in [3.8, 4) is 0 Å². The third-order valence-electron chi connectivity index (χ3n) is 5.17. The number of nitrogens with zero attached hydrogens (tertiary/aromatic N) is 1. The van der Waals surface area contributed by atoms with Gasteiger partial charge in [-0.3, -0.25) is 9.79 Å². The molecule has 0 aliphatic heterocycles. The van der Waals surface area contributed by atoms with Gasteiger partial charge >= 0.3 is 5.97 Å². The molecule has 0 aromatic heterocycles. The molecule has 6 heteroatoms. The lowest BCUT2D eigenvalue weighted by atomic mass is 10.1. The molecule has 0 amide bonds. The Morgan fingerprint density at radius 3 is 1.93 bits per heavy atom. The molecule has 0 aliphatic rings. The average Bonchev–Trinajstić information content (AvgIpc) is 2.72. The molecule has 176 valence electrons. The molecule has 0 aromatic rings. The number of carbonyl (C=O) groups is 1. The van der Waals surface area contributed by atoms with Crippen LogP contribution in [0.25, 0.3) is 0 Å². The van der Waals surface area contributed by atoms with Crippen molar-refractivity contribution in [1.29, 1.82) is 0 Å². The Balaban J connectivity index is 3.34. The molecule has 0 rings (SSSR count). The molecule has 0 heterocycles. The first kappa shape index (κ1) is 28.4. The standard InChI is InChI=1S/C24H48N4O2/c1-2-3-4-5-6-7-8-9-10-11-12-13-14-15-16-17-21-30-23(29)22(25)19-18-20-28-24(26)27/h9-10,22H,2-8,11-21,25H2,1H3,(H4,26,27,28)/b10-9-/t22-/m0/s1. The van der Waals surface area contributed by atoms with Crippen molar-refractivity contribution in [1.82, 2.24) is 0 Å². The van der Waals surface area contributed by atoms with E-state index in [4.69, 9.17) is 21.9 Å². The number of esters is 1. The quantitative estimate of drug-likeness (QED) is 0.0792. The van der Waals surface area contributed by atoms with Crippen LogP contribution < -0.4 is 17.2 Å². The van der Waals surface area contributed by atoms with Crippen LogP contribution in [-0.2, 0) is 9.53 Å². The molecule has 0 bridgehead atoms. The summed E-state index contributed by atoms with van der Waals surface area (Å²) in [7, 11) is 0. The Morgan fingerprint density at radius 2 is 1.37 bits per heavy atom. The SMILES string of the molecule is CCCCCCCC/C=C\CCCCCCCCOC(=O)[C@@H](N)CCCN=C(N)N. The summed E-state index contributed by atoms with van der Waals surface area (Å²) in [6, 6.07) is -0.590.